The zero-order valence-electron chi connectivity index (χ0n) is 40.2. The van der Waals surface area contributed by atoms with Crippen molar-refractivity contribution in [1.29, 1.82) is 0 Å². The maximum Gasteiger partial charge on any atom is 0.306 e. The Morgan fingerprint density at radius 2 is 0.550 bits per heavy atom. The van der Waals surface area contributed by atoms with Crippen molar-refractivity contribution in [3.63, 3.8) is 0 Å². The van der Waals surface area contributed by atoms with Crippen LogP contribution in [0.25, 0.3) is 0 Å². The molecule has 0 saturated carbocycles. The van der Waals surface area contributed by atoms with Crippen LogP contribution in [0.15, 0.2) is 24.3 Å². The molecule has 1 atom stereocenters. The minimum absolute atomic E-state index is 0.0750. The minimum Gasteiger partial charge on any atom is -0.462 e. The zero-order chi connectivity index (χ0) is 43.7. The molecule has 0 radical (unpaired) electrons. The molecule has 352 valence electrons. The number of ether oxygens (including phenoxy) is 3. The van der Waals surface area contributed by atoms with Gasteiger partial charge in [-0.2, -0.15) is 0 Å². The van der Waals surface area contributed by atoms with E-state index in [-0.39, 0.29) is 31.1 Å². The predicted molar refractivity (Wildman–Crippen MR) is 256 cm³/mol. The Labute approximate surface area is 373 Å². The molecule has 0 saturated heterocycles. The van der Waals surface area contributed by atoms with Crippen molar-refractivity contribution < 1.29 is 28.6 Å². The molecular weight excluding hydrogens is 745 g/mol. The van der Waals surface area contributed by atoms with Crippen molar-refractivity contribution in [2.45, 2.75) is 290 Å². The average molecular weight is 845 g/mol. The van der Waals surface area contributed by atoms with E-state index in [4.69, 9.17) is 14.2 Å². The molecule has 0 amide bonds. The van der Waals surface area contributed by atoms with Gasteiger partial charge in [0.25, 0.3) is 0 Å². The number of esters is 3. The summed E-state index contributed by atoms with van der Waals surface area (Å²) in [6, 6.07) is 0. The van der Waals surface area contributed by atoms with E-state index in [9.17, 15) is 14.4 Å². The van der Waals surface area contributed by atoms with E-state index in [1.165, 1.54) is 173 Å². The maximum atomic E-state index is 12.8. The van der Waals surface area contributed by atoms with E-state index in [2.05, 4.69) is 45.1 Å². The van der Waals surface area contributed by atoms with Crippen molar-refractivity contribution in [2.75, 3.05) is 13.2 Å². The van der Waals surface area contributed by atoms with Gasteiger partial charge >= 0.3 is 17.9 Å². The molecule has 0 aliphatic rings. The van der Waals surface area contributed by atoms with Crippen molar-refractivity contribution in [2.24, 2.45) is 0 Å². The van der Waals surface area contributed by atoms with Gasteiger partial charge in [-0.1, -0.05) is 218 Å². The summed E-state index contributed by atoms with van der Waals surface area (Å²) in [4.78, 5) is 37.9. The summed E-state index contributed by atoms with van der Waals surface area (Å²) in [6.07, 6.45) is 55.9. The summed E-state index contributed by atoms with van der Waals surface area (Å²) >= 11 is 0. The Morgan fingerprint density at radius 3 is 0.850 bits per heavy atom. The third-order valence-electron chi connectivity index (χ3n) is 11.7. The van der Waals surface area contributed by atoms with Crippen LogP contribution in [-0.4, -0.2) is 37.2 Å². The third kappa shape index (κ3) is 46.9. The van der Waals surface area contributed by atoms with Gasteiger partial charge in [0.15, 0.2) is 6.10 Å². The SMILES string of the molecule is CCCCCCCC/C=C\CCCCCCCCCC(=O)OCC(COC(=O)CCCCCCCCCCCCCC)OC(=O)CCCCC/C=C\CCCCCCCC. The van der Waals surface area contributed by atoms with Crippen molar-refractivity contribution in [3.05, 3.63) is 24.3 Å². The summed E-state index contributed by atoms with van der Waals surface area (Å²) < 4.78 is 16.8. The monoisotopic (exact) mass is 845 g/mol. The molecule has 0 aromatic carbocycles. The molecule has 0 spiro atoms. The first-order chi connectivity index (χ1) is 29.5. The quantitative estimate of drug-likeness (QED) is 0.0263. The van der Waals surface area contributed by atoms with Gasteiger partial charge in [-0.05, 0) is 70.6 Å². The van der Waals surface area contributed by atoms with Crippen LogP contribution in [0.3, 0.4) is 0 Å². The highest BCUT2D eigenvalue weighted by Crippen LogP contribution is 2.15. The maximum absolute atomic E-state index is 12.8. The van der Waals surface area contributed by atoms with Gasteiger partial charge in [0, 0.05) is 19.3 Å². The molecule has 60 heavy (non-hydrogen) atoms. The Hall–Kier alpha value is -2.11. The Bertz CT molecular complexity index is 973. The summed E-state index contributed by atoms with van der Waals surface area (Å²) in [7, 11) is 0. The van der Waals surface area contributed by atoms with Crippen molar-refractivity contribution in [3.8, 4) is 0 Å². The molecule has 0 bridgehead atoms. The van der Waals surface area contributed by atoms with E-state index < -0.39 is 6.10 Å². The lowest BCUT2D eigenvalue weighted by molar-refractivity contribution is -0.167. The van der Waals surface area contributed by atoms with Crippen molar-refractivity contribution >= 4 is 17.9 Å². The van der Waals surface area contributed by atoms with Gasteiger partial charge in [0.1, 0.15) is 13.2 Å². The Morgan fingerprint density at radius 1 is 0.317 bits per heavy atom. The van der Waals surface area contributed by atoms with E-state index in [1.807, 2.05) is 0 Å². The van der Waals surface area contributed by atoms with E-state index in [1.54, 1.807) is 0 Å². The van der Waals surface area contributed by atoms with Gasteiger partial charge < -0.3 is 14.2 Å². The van der Waals surface area contributed by atoms with Crippen LogP contribution in [-0.2, 0) is 28.6 Å². The van der Waals surface area contributed by atoms with Crippen LogP contribution >= 0.6 is 0 Å². The average Bonchev–Trinajstić information content (AvgIpc) is 3.24. The molecule has 0 aliphatic heterocycles. The van der Waals surface area contributed by atoms with Crippen LogP contribution in [0.1, 0.15) is 284 Å². The normalized spacial score (nSPS) is 12.1. The zero-order valence-corrected chi connectivity index (χ0v) is 40.2. The van der Waals surface area contributed by atoms with Gasteiger partial charge in [-0.15, -0.1) is 0 Å². The first kappa shape index (κ1) is 57.9. The highest BCUT2D eigenvalue weighted by atomic mass is 16.6. The summed E-state index contributed by atoms with van der Waals surface area (Å²) in [5.74, 6) is -0.883. The number of rotatable bonds is 48. The van der Waals surface area contributed by atoms with Gasteiger partial charge in [0.2, 0.25) is 0 Å². The minimum atomic E-state index is -0.775. The summed E-state index contributed by atoms with van der Waals surface area (Å²) in [5.41, 5.74) is 0. The van der Waals surface area contributed by atoms with Crippen LogP contribution in [0.2, 0.25) is 0 Å². The second kappa shape index (κ2) is 49.5. The molecule has 0 rings (SSSR count). The molecule has 0 N–H and O–H groups in total. The van der Waals surface area contributed by atoms with E-state index >= 15 is 0 Å². The highest BCUT2D eigenvalue weighted by molar-refractivity contribution is 5.71. The number of carbonyl (C=O) groups excluding carboxylic acids is 3. The number of allylic oxidation sites excluding steroid dienone is 4. The van der Waals surface area contributed by atoms with Gasteiger partial charge in [-0.25, -0.2) is 0 Å². The molecule has 0 heterocycles. The fraction of sp³-hybridized carbons (Fsp3) is 0.870. The lowest BCUT2D eigenvalue weighted by Crippen LogP contribution is -2.30. The molecular formula is C54H100O6. The topological polar surface area (TPSA) is 78.9 Å². The van der Waals surface area contributed by atoms with Crippen molar-refractivity contribution in [1.82, 2.24) is 0 Å². The molecule has 0 aromatic heterocycles. The van der Waals surface area contributed by atoms with Crippen LogP contribution < -0.4 is 0 Å². The lowest BCUT2D eigenvalue weighted by Gasteiger charge is -2.18. The smallest absolute Gasteiger partial charge is 0.306 e. The van der Waals surface area contributed by atoms with Gasteiger partial charge in [-0.3, -0.25) is 14.4 Å². The first-order valence-corrected chi connectivity index (χ1v) is 26.3. The highest BCUT2D eigenvalue weighted by Gasteiger charge is 2.19. The molecule has 6 heteroatoms. The van der Waals surface area contributed by atoms with E-state index in [0.717, 1.165) is 70.6 Å². The fourth-order valence-corrected chi connectivity index (χ4v) is 7.67. The number of carbonyl (C=O) groups is 3. The Kier molecular flexibility index (Phi) is 47.8. The summed E-state index contributed by atoms with van der Waals surface area (Å²) in [5, 5.41) is 0. The van der Waals surface area contributed by atoms with E-state index in [0.29, 0.717) is 19.3 Å². The third-order valence-corrected chi connectivity index (χ3v) is 11.7. The lowest BCUT2D eigenvalue weighted by atomic mass is 10.0. The Balaban J connectivity index is 4.34. The second-order valence-corrected chi connectivity index (χ2v) is 17.8. The summed E-state index contributed by atoms with van der Waals surface area (Å²) in [6.45, 7) is 6.63. The van der Waals surface area contributed by atoms with Crippen LogP contribution in [0, 0.1) is 0 Å². The van der Waals surface area contributed by atoms with Gasteiger partial charge in [0.05, 0.1) is 0 Å². The largest absolute Gasteiger partial charge is 0.462 e. The molecule has 1 unspecified atom stereocenters. The predicted octanol–water partition coefficient (Wildman–Crippen LogP) is 17.2. The molecule has 0 aliphatic carbocycles. The number of unbranched alkanes of at least 4 members (excludes halogenated alkanes) is 33. The standard InChI is InChI=1S/C54H100O6/c1-4-7-10-13-16-19-22-25-26-27-28-30-32-35-38-41-44-47-53(56)59-50-51(49-58-52(55)46-43-40-37-34-31-24-21-18-15-12-9-6-3)60-54(57)48-45-42-39-36-33-29-23-20-17-14-11-8-5-2/h25-26,29,33,51H,4-24,27-28,30-32,34-50H2,1-3H3/b26-25-,33-29-. The van der Waals surface area contributed by atoms with Crippen LogP contribution in [0.4, 0.5) is 0 Å². The molecule has 0 aromatic rings. The molecule has 6 nitrogen and oxygen atoms in total. The number of hydrogen-bond donors (Lipinski definition) is 0. The number of hydrogen-bond acceptors (Lipinski definition) is 6. The van der Waals surface area contributed by atoms with Crippen LogP contribution in [0.5, 0.6) is 0 Å². The second-order valence-electron chi connectivity index (χ2n) is 17.8. The fourth-order valence-electron chi connectivity index (χ4n) is 7.67. The first-order valence-electron chi connectivity index (χ1n) is 26.3. The molecule has 0 fully saturated rings.